The van der Waals surface area contributed by atoms with Crippen molar-refractivity contribution in [1.29, 1.82) is 0 Å². The van der Waals surface area contributed by atoms with Gasteiger partial charge in [-0.15, -0.1) is 22.7 Å². The van der Waals surface area contributed by atoms with Gasteiger partial charge in [-0.1, -0.05) is 12.1 Å². The van der Waals surface area contributed by atoms with E-state index in [2.05, 4.69) is 16.0 Å². The average Bonchev–Trinajstić information content (AvgIpc) is 3.46. The molecule has 0 saturated carbocycles. The van der Waals surface area contributed by atoms with E-state index in [4.69, 9.17) is 0 Å². The first kappa shape index (κ1) is 17.3. The van der Waals surface area contributed by atoms with Crippen LogP contribution in [0.15, 0.2) is 54.2 Å². The summed E-state index contributed by atoms with van der Waals surface area (Å²) in [5.41, 5.74) is 3.06. The van der Waals surface area contributed by atoms with Crippen LogP contribution in [0.1, 0.15) is 21.7 Å². The van der Waals surface area contributed by atoms with E-state index in [-0.39, 0.29) is 11.7 Å². The van der Waals surface area contributed by atoms with Crippen molar-refractivity contribution in [3.63, 3.8) is 0 Å². The molecule has 0 unspecified atom stereocenters. The number of H-pyrrole nitrogens is 1. The summed E-state index contributed by atoms with van der Waals surface area (Å²) < 4.78 is 13.4. The molecule has 0 bridgehead atoms. The Balaban J connectivity index is 1.34. The predicted octanol–water partition coefficient (Wildman–Crippen LogP) is 5.42. The maximum absolute atomic E-state index is 13.4. The summed E-state index contributed by atoms with van der Waals surface area (Å²) in [6, 6.07) is 8.79. The maximum Gasteiger partial charge on any atom is 0.265 e. The Labute approximate surface area is 169 Å². The van der Waals surface area contributed by atoms with Crippen LogP contribution in [0.25, 0.3) is 26.4 Å². The van der Waals surface area contributed by atoms with Crippen LogP contribution in [0, 0.1) is 5.82 Å². The molecular formula is C21H16FN3OS2. The molecule has 1 N–H and O–H groups in total. The molecule has 7 heteroatoms. The number of amides is 1. The summed E-state index contributed by atoms with van der Waals surface area (Å²) >= 11 is 3.07. The fourth-order valence-electron chi connectivity index (χ4n) is 3.51. The van der Waals surface area contributed by atoms with Crippen LogP contribution >= 0.6 is 22.7 Å². The minimum Gasteiger partial charge on any atom is -0.360 e. The molecule has 4 heterocycles. The molecule has 1 aliphatic heterocycles. The number of thiazole rings is 1. The normalized spacial score (nSPS) is 14.5. The third-order valence-electron chi connectivity index (χ3n) is 4.93. The Bertz CT molecular complexity index is 1190. The SMILES string of the molecule is O=C(c1cnc(-c2cccs2)s1)N1CC=C(c2c[nH]c3cc(F)ccc23)CC1. The van der Waals surface area contributed by atoms with Crippen molar-refractivity contribution >= 4 is 45.1 Å². The maximum atomic E-state index is 13.4. The number of fused-ring (bicyclic) bond motifs is 1. The first-order valence-electron chi connectivity index (χ1n) is 8.94. The van der Waals surface area contributed by atoms with E-state index in [0.29, 0.717) is 18.0 Å². The highest BCUT2D eigenvalue weighted by molar-refractivity contribution is 7.21. The largest absolute Gasteiger partial charge is 0.360 e. The smallest absolute Gasteiger partial charge is 0.265 e. The summed E-state index contributed by atoms with van der Waals surface area (Å²) in [4.78, 5) is 24.0. The number of rotatable bonds is 3. The van der Waals surface area contributed by atoms with Crippen LogP contribution in [-0.4, -0.2) is 33.9 Å². The molecule has 140 valence electrons. The summed E-state index contributed by atoms with van der Waals surface area (Å²) in [5, 5.41) is 3.90. The summed E-state index contributed by atoms with van der Waals surface area (Å²) in [5.74, 6) is -0.224. The van der Waals surface area contributed by atoms with E-state index in [1.165, 1.54) is 29.0 Å². The first-order valence-corrected chi connectivity index (χ1v) is 10.6. The Morgan fingerprint density at radius 3 is 3.00 bits per heavy atom. The standard InChI is InChI=1S/C21H16FN3OS2/c22-14-3-4-15-16(11-23-17(15)10-14)13-5-7-25(8-6-13)21(26)19-12-24-20(28-19)18-2-1-9-27-18/h1-5,9-12,23H,6-8H2. The number of halogens is 1. The van der Waals surface area contributed by atoms with Crippen molar-refractivity contribution in [2.24, 2.45) is 0 Å². The van der Waals surface area contributed by atoms with E-state index in [9.17, 15) is 9.18 Å². The number of aromatic nitrogens is 2. The Morgan fingerprint density at radius 1 is 1.29 bits per heavy atom. The van der Waals surface area contributed by atoms with Gasteiger partial charge in [-0.2, -0.15) is 0 Å². The van der Waals surface area contributed by atoms with Gasteiger partial charge in [0.1, 0.15) is 15.7 Å². The summed E-state index contributed by atoms with van der Waals surface area (Å²) in [6.45, 7) is 1.22. The van der Waals surface area contributed by atoms with Gasteiger partial charge >= 0.3 is 0 Å². The minimum absolute atomic E-state index is 0.0246. The van der Waals surface area contributed by atoms with Crippen molar-refractivity contribution in [3.05, 3.63) is 70.4 Å². The van der Waals surface area contributed by atoms with Crippen LogP contribution < -0.4 is 0 Å². The van der Waals surface area contributed by atoms with Gasteiger partial charge in [-0.3, -0.25) is 4.79 Å². The van der Waals surface area contributed by atoms with E-state index in [0.717, 1.165) is 32.8 Å². The molecule has 3 aromatic heterocycles. The molecule has 0 aliphatic carbocycles. The quantitative estimate of drug-likeness (QED) is 0.491. The Kier molecular flexibility index (Phi) is 4.33. The second kappa shape index (κ2) is 7.00. The lowest BCUT2D eigenvalue weighted by Gasteiger charge is -2.26. The highest BCUT2D eigenvalue weighted by atomic mass is 32.1. The monoisotopic (exact) mass is 409 g/mol. The molecular weight excluding hydrogens is 393 g/mol. The molecule has 5 rings (SSSR count). The van der Waals surface area contributed by atoms with Gasteiger partial charge in [0.25, 0.3) is 5.91 Å². The van der Waals surface area contributed by atoms with Crippen molar-refractivity contribution in [3.8, 4) is 9.88 Å². The third kappa shape index (κ3) is 3.06. The molecule has 4 nitrogen and oxygen atoms in total. The first-order chi connectivity index (χ1) is 13.7. The average molecular weight is 410 g/mol. The zero-order chi connectivity index (χ0) is 19.1. The molecule has 1 amide bonds. The number of hydrogen-bond acceptors (Lipinski definition) is 4. The number of hydrogen-bond donors (Lipinski definition) is 1. The van der Waals surface area contributed by atoms with Crippen LogP contribution in [0.3, 0.4) is 0 Å². The number of benzene rings is 1. The second-order valence-corrected chi connectivity index (χ2v) is 8.61. The van der Waals surface area contributed by atoms with Crippen LogP contribution in [-0.2, 0) is 0 Å². The molecule has 1 aromatic carbocycles. The van der Waals surface area contributed by atoms with Crippen molar-refractivity contribution in [2.75, 3.05) is 13.1 Å². The molecule has 0 spiro atoms. The van der Waals surface area contributed by atoms with Crippen LogP contribution in [0.2, 0.25) is 0 Å². The molecule has 0 atom stereocenters. The molecule has 0 radical (unpaired) electrons. The molecule has 1 aliphatic rings. The highest BCUT2D eigenvalue weighted by Gasteiger charge is 2.22. The van der Waals surface area contributed by atoms with Crippen molar-refractivity contribution in [1.82, 2.24) is 14.9 Å². The predicted molar refractivity (Wildman–Crippen MR) is 112 cm³/mol. The number of carbonyl (C=O) groups is 1. The number of nitrogens with one attached hydrogen (secondary N) is 1. The Hall–Kier alpha value is -2.77. The lowest BCUT2D eigenvalue weighted by atomic mass is 9.99. The van der Waals surface area contributed by atoms with E-state index in [1.54, 1.807) is 23.6 Å². The zero-order valence-electron chi connectivity index (χ0n) is 14.8. The van der Waals surface area contributed by atoms with E-state index >= 15 is 0 Å². The van der Waals surface area contributed by atoms with Crippen LogP contribution in [0.5, 0.6) is 0 Å². The van der Waals surface area contributed by atoms with Gasteiger partial charge < -0.3 is 9.88 Å². The number of carbonyl (C=O) groups excluding carboxylic acids is 1. The van der Waals surface area contributed by atoms with Gasteiger partial charge in [-0.05, 0) is 41.6 Å². The fraction of sp³-hybridized carbons (Fsp3) is 0.143. The second-order valence-electron chi connectivity index (χ2n) is 6.63. The minimum atomic E-state index is -0.248. The lowest BCUT2D eigenvalue weighted by molar-refractivity contribution is 0.0777. The van der Waals surface area contributed by atoms with E-state index in [1.807, 2.05) is 28.6 Å². The van der Waals surface area contributed by atoms with Crippen molar-refractivity contribution in [2.45, 2.75) is 6.42 Å². The summed E-state index contributed by atoms with van der Waals surface area (Å²) in [6.07, 6.45) is 6.46. The molecule has 4 aromatic rings. The Morgan fingerprint density at radius 2 is 2.21 bits per heavy atom. The topological polar surface area (TPSA) is 49.0 Å². The van der Waals surface area contributed by atoms with E-state index < -0.39 is 0 Å². The van der Waals surface area contributed by atoms with Gasteiger partial charge in [0.05, 0.1) is 11.1 Å². The third-order valence-corrected chi connectivity index (χ3v) is 6.96. The fourth-order valence-corrected chi connectivity index (χ4v) is 5.19. The zero-order valence-corrected chi connectivity index (χ0v) is 16.4. The number of aromatic amines is 1. The molecule has 0 fully saturated rings. The number of thiophene rings is 1. The molecule has 28 heavy (non-hydrogen) atoms. The number of nitrogens with zero attached hydrogens (tertiary/aromatic N) is 2. The summed E-state index contributed by atoms with van der Waals surface area (Å²) in [7, 11) is 0. The van der Waals surface area contributed by atoms with Gasteiger partial charge in [0.15, 0.2) is 0 Å². The van der Waals surface area contributed by atoms with Crippen molar-refractivity contribution < 1.29 is 9.18 Å². The van der Waals surface area contributed by atoms with Gasteiger partial charge in [0.2, 0.25) is 0 Å². The lowest BCUT2D eigenvalue weighted by Crippen LogP contribution is -2.34. The van der Waals surface area contributed by atoms with Gasteiger partial charge in [0, 0.05) is 35.8 Å². The highest BCUT2D eigenvalue weighted by Crippen LogP contribution is 2.32. The van der Waals surface area contributed by atoms with Gasteiger partial charge in [-0.25, -0.2) is 9.37 Å². The molecule has 0 saturated heterocycles. The van der Waals surface area contributed by atoms with Crippen LogP contribution in [0.4, 0.5) is 4.39 Å².